The maximum Gasteiger partial charge on any atom is 0.318 e. The molecule has 5 nitrogen and oxygen atoms in total. The highest BCUT2D eigenvalue weighted by atomic mass is 35.5. The molecule has 2 amide bonds. The zero-order valence-electron chi connectivity index (χ0n) is 18.7. The molecular formula is C27H26ClN3O2. The molecule has 33 heavy (non-hydrogen) atoms. The van der Waals surface area contributed by atoms with Gasteiger partial charge in [-0.05, 0) is 60.4 Å². The van der Waals surface area contributed by atoms with E-state index in [1.807, 2.05) is 68.4 Å². The highest BCUT2D eigenvalue weighted by molar-refractivity contribution is 6.30. The van der Waals surface area contributed by atoms with Crippen molar-refractivity contribution in [3.8, 4) is 0 Å². The summed E-state index contributed by atoms with van der Waals surface area (Å²) in [5.41, 5.74) is 5.26. The van der Waals surface area contributed by atoms with Crippen molar-refractivity contribution in [3.63, 3.8) is 0 Å². The summed E-state index contributed by atoms with van der Waals surface area (Å²) in [5, 5.41) is 4.59. The smallest absolute Gasteiger partial charge is 0.318 e. The number of fused-ring (bicyclic) bond motifs is 1. The van der Waals surface area contributed by atoms with Crippen LogP contribution in [0.2, 0.25) is 5.02 Å². The van der Waals surface area contributed by atoms with Crippen molar-refractivity contribution >= 4 is 28.5 Å². The lowest BCUT2D eigenvalue weighted by Crippen LogP contribution is -2.39. The molecule has 0 bridgehead atoms. The molecule has 4 aromatic rings. The van der Waals surface area contributed by atoms with Gasteiger partial charge >= 0.3 is 6.03 Å². The van der Waals surface area contributed by atoms with E-state index in [0.29, 0.717) is 23.7 Å². The summed E-state index contributed by atoms with van der Waals surface area (Å²) < 4.78 is 0. The van der Waals surface area contributed by atoms with Crippen molar-refractivity contribution in [2.45, 2.75) is 33.5 Å². The second kappa shape index (κ2) is 9.92. The van der Waals surface area contributed by atoms with E-state index in [0.717, 1.165) is 33.2 Å². The number of nitrogens with zero attached hydrogens (tertiary/aromatic N) is 1. The Morgan fingerprint density at radius 3 is 2.39 bits per heavy atom. The van der Waals surface area contributed by atoms with Gasteiger partial charge in [0.1, 0.15) is 0 Å². The number of nitrogens with one attached hydrogen (secondary N) is 2. The molecule has 6 heteroatoms. The normalized spacial score (nSPS) is 10.9. The van der Waals surface area contributed by atoms with Crippen molar-refractivity contribution in [1.29, 1.82) is 0 Å². The van der Waals surface area contributed by atoms with Gasteiger partial charge in [0.15, 0.2) is 0 Å². The first-order valence-electron chi connectivity index (χ1n) is 10.8. The predicted octanol–water partition coefficient (Wildman–Crippen LogP) is 5.71. The number of rotatable bonds is 6. The second-order valence-electron chi connectivity index (χ2n) is 8.29. The number of aromatic nitrogens is 1. The summed E-state index contributed by atoms with van der Waals surface area (Å²) in [5.74, 6) is 0. The molecule has 168 valence electrons. The van der Waals surface area contributed by atoms with Gasteiger partial charge in [-0.2, -0.15) is 0 Å². The summed E-state index contributed by atoms with van der Waals surface area (Å²) in [4.78, 5) is 30.6. The molecule has 0 radical (unpaired) electrons. The van der Waals surface area contributed by atoms with Crippen LogP contribution in [0, 0.1) is 13.8 Å². The van der Waals surface area contributed by atoms with Crippen LogP contribution in [0.4, 0.5) is 4.79 Å². The number of halogens is 1. The fraction of sp³-hybridized carbons (Fsp3) is 0.185. The third kappa shape index (κ3) is 5.62. The van der Waals surface area contributed by atoms with Crippen molar-refractivity contribution < 1.29 is 4.79 Å². The topological polar surface area (TPSA) is 65.2 Å². The lowest BCUT2D eigenvalue weighted by atomic mass is 10.0. The van der Waals surface area contributed by atoms with Gasteiger partial charge in [-0.15, -0.1) is 0 Å². The van der Waals surface area contributed by atoms with Crippen molar-refractivity contribution in [2.75, 3.05) is 0 Å². The Morgan fingerprint density at radius 1 is 0.939 bits per heavy atom. The van der Waals surface area contributed by atoms with Gasteiger partial charge in [0.25, 0.3) is 5.56 Å². The minimum atomic E-state index is -0.242. The molecule has 0 saturated carbocycles. The van der Waals surface area contributed by atoms with E-state index < -0.39 is 0 Å². The van der Waals surface area contributed by atoms with Crippen molar-refractivity contribution in [1.82, 2.24) is 15.2 Å². The van der Waals surface area contributed by atoms with E-state index in [1.54, 1.807) is 17.0 Å². The van der Waals surface area contributed by atoms with E-state index >= 15 is 0 Å². The minimum absolute atomic E-state index is 0.182. The highest BCUT2D eigenvalue weighted by Crippen LogP contribution is 2.20. The fourth-order valence-corrected chi connectivity index (χ4v) is 4.06. The standard InChI is InChI=1S/C27H26ClN3O2/c1-18-12-19(2)24-14-22(26(32)30-25(24)13-18)17-31(16-21-8-10-23(28)11-9-21)27(33)29-15-20-6-4-3-5-7-20/h3-14H,15-17H2,1-2H3,(H,29,33)(H,30,32). The molecule has 3 aromatic carbocycles. The molecule has 0 spiro atoms. The molecule has 2 N–H and O–H groups in total. The number of amides is 2. The summed E-state index contributed by atoms with van der Waals surface area (Å²) in [6, 6.07) is 22.8. The van der Waals surface area contributed by atoms with E-state index in [9.17, 15) is 9.59 Å². The Labute approximate surface area is 198 Å². The first-order valence-corrected chi connectivity index (χ1v) is 11.2. The van der Waals surface area contributed by atoms with Crippen LogP contribution in [0.3, 0.4) is 0 Å². The molecule has 1 aromatic heterocycles. The first-order chi connectivity index (χ1) is 15.9. The monoisotopic (exact) mass is 459 g/mol. The van der Waals surface area contributed by atoms with E-state index in [-0.39, 0.29) is 18.1 Å². The zero-order valence-corrected chi connectivity index (χ0v) is 19.4. The number of hydrogen-bond donors (Lipinski definition) is 2. The van der Waals surface area contributed by atoms with Gasteiger partial charge in [-0.3, -0.25) is 4.79 Å². The third-order valence-corrected chi connectivity index (χ3v) is 5.86. The molecular weight excluding hydrogens is 434 g/mol. The number of urea groups is 1. The average Bonchev–Trinajstić information content (AvgIpc) is 2.80. The number of hydrogen-bond acceptors (Lipinski definition) is 2. The molecule has 0 fully saturated rings. The summed E-state index contributed by atoms with van der Waals surface area (Å²) in [6.07, 6.45) is 0. The van der Waals surface area contributed by atoms with E-state index in [4.69, 9.17) is 11.6 Å². The van der Waals surface area contributed by atoms with E-state index in [2.05, 4.69) is 16.4 Å². The fourth-order valence-electron chi connectivity index (χ4n) is 3.93. The number of benzene rings is 3. The highest BCUT2D eigenvalue weighted by Gasteiger charge is 2.17. The molecule has 0 aliphatic rings. The number of carbonyl (C=O) groups is 1. The van der Waals surface area contributed by atoms with Crippen LogP contribution in [-0.2, 0) is 19.6 Å². The summed E-state index contributed by atoms with van der Waals surface area (Å²) in [6.45, 7) is 4.96. The van der Waals surface area contributed by atoms with Gasteiger partial charge in [-0.1, -0.05) is 60.1 Å². The molecule has 0 saturated heterocycles. The average molecular weight is 460 g/mol. The van der Waals surface area contributed by atoms with Crippen LogP contribution in [0.25, 0.3) is 10.9 Å². The Bertz CT molecular complexity index is 1330. The maximum absolute atomic E-state index is 13.2. The number of carbonyl (C=O) groups excluding carboxylic acids is 1. The van der Waals surface area contributed by atoms with Crippen LogP contribution in [0.5, 0.6) is 0 Å². The molecule has 0 unspecified atom stereocenters. The Balaban J connectivity index is 1.62. The van der Waals surface area contributed by atoms with Crippen LogP contribution in [-0.4, -0.2) is 15.9 Å². The number of pyridine rings is 1. The predicted molar refractivity (Wildman–Crippen MR) is 133 cm³/mol. The van der Waals surface area contributed by atoms with Gasteiger partial charge in [0, 0.05) is 34.6 Å². The molecule has 0 atom stereocenters. The lowest BCUT2D eigenvalue weighted by molar-refractivity contribution is 0.191. The van der Waals surface area contributed by atoms with Gasteiger partial charge < -0.3 is 15.2 Å². The van der Waals surface area contributed by atoms with Gasteiger partial charge in [0.05, 0.1) is 6.54 Å². The summed E-state index contributed by atoms with van der Waals surface area (Å²) >= 11 is 6.02. The number of aromatic amines is 1. The quantitative estimate of drug-likeness (QED) is 0.388. The Hall–Kier alpha value is -3.57. The number of aryl methyl sites for hydroxylation is 2. The van der Waals surface area contributed by atoms with Crippen LogP contribution in [0.1, 0.15) is 27.8 Å². The molecule has 0 aliphatic carbocycles. The van der Waals surface area contributed by atoms with Crippen LogP contribution < -0.4 is 10.9 Å². The van der Waals surface area contributed by atoms with Crippen LogP contribution in [0.15, 0.2) is 77.6 Å². The zero-order chi connectivity index (χ0) is 23.4. The molecule has 1 heterocycles. The third-order valence-electron chi connectivity index (χ3n) is 5.61. The summed E-state index contributed by atoms with van der Waals surface area (Å²) in [7, 11) is 0. The van der Waals surface area contributed by atoms with Crippen LogP contribution >= 0.6 is 11.6 Å². The Kier molecular flexibility index (Phi) is 6.80. The second-order valence-corrected chi connectivity index (χ2v) is 8.73. The number of H-pyrrole nitrogens is 1. The van der Waals surface area contributed by atoms with Gasteiger partial charge in [0.2, 0.25) is 0 Å². The Morgan fingerprint density at radius 2 is 1.67 bits per heavy atom. The largest absolute Gasteiger partial charge is 0.334 e. The minimum Gasteiger partial charge on any atom is -0.334 e. The molecule has 0 aliphatic heterocycles. The SMILES string of the molecule is Cc1cc(C)c2cc(CN(Cc3ccc(Cl)cc3)C(=O)NCc3ccccc3)c(=O)[nH]c2c1. The van der Waals surface area contributed by atoms with Gasteiger partial charge in [-0.25, -0.2) is 4.79 Å². The molecule has 4 rings (SSSR count). The maximum atomic E-state index is 13.2. The van der Waals surface area contributed by atoms with Crippen molar-refractivity contribution in [3.05, 3.63) is 116 Å². The van der Waals surface area contributed by atoms with E-state index in [1.165, 1.54) is 0 Å². The van der Waals surface area contributed by atoms with Crippen molar-refractivity contribution in [2.24, 2.45) is 0 Å². The first kappa shape index (κ1) is 22.6. The lowest BCUT2D eigenvalue weighted by Gasteiger charge is -2.23.